The van der Waals surface area contributed by atoms with Crippen molar-refractivity contribution in [3.05, 3.63) is 77.0 Å². The van der Waals surface area contributed by atoms with Crippen LogP contribution in [0.2, 0.25) is 0 Å². The van der Waals surface area contributed by atoms with Gasteiger partial charge in [0.15, 0.2) is 0 Å². The van der Waals surface area contributed by atoms with Crippen LogP contribution in [0.3, 0.4) is 0 Å². The summed E-state index contributed by atoms with van der Waals surface area (Å²) in [6.07, 6.45) is 8.96. The van der Waals surface area contributed by atoms with Crippen LogP contribution in [0.1, 0.15) is 59.7 Å². The number of halogens is 1. The second kappa shape index (κ2) is 12.7. The van der Waals surface area contributed by atoms with Gasteiger partial charge in [-0.2, -0.15) is 5.10 Å². The predicted octanol–water partition coefficient (Wildman–Crippen LogP) is 3.20. The monoisotopic (exact) mass is 502 g/mol. The van der Waals surface area contributed by atoms with Crippen LogP contribution in [0.4, 0.5) is 10.2 Å². The first-order chi connectivity index (χ1) is 18.0. The van der Waals surface area contributed by atoms with Crippen LogP contribution >= 0.6 is 0 Å². The summed E-state index contributed by atoms with van der Waals surface area (Å²) in [6.45, 7) is 3.76. The minimum atomic E-state index is -0.329. The number of H-pyrrole nitrogens is 1. The fourth-order valence-electron chi connectivity index (χ4n) is 4.40. The number of aryl methyl sites for hydroxylation is 1. The Hall–Kier alpha value is -4.19. The van der Waals surface area contributed by atoms with E-state index >= 15 is 0 Å². The fourth-order valence-corrected chi connectivity index (χ4v) is 4.40. The number of hydrogen-bond acceptors (Lipinski definition) is 5. The van der Waals surface area contributed by atoms with Gasteiger partial charge in [-0.25, -0.2) is 9.37 Å². The molecule has 4 rings (SSSR count). The molecule has 1 aromatic carbocycles. The molecule has 0 saturated carbocycles. The van der Waals surface area contributed by atoms with E-state index in [1.54, 1.807) is 30.6 Å². The molecule has 1 fully saturated rings. The summed E-state index contributed by atoms with van der Waals surface area (Å²) < 4.78 is 13.3. The molecular weight excluding hydrogens is 471 g/mol. The normalized spacial score (nSPS) is 14.6. The highest BCUT2D eigenvalue weighted by atomic mass is 19.1. The summed E-state index contributed by atoms with van der Waals surface area (Å²) in [4.78, 5) is 31.9. The first kappa shape index (κ1) is 25.9. The second-order valence-corrected chi connectivity index (χ2v) is 8.97. The Bertz CT molecular complexity index is 1260. The SMILES string of the molecule is CCNC(=O)CC1CCCN1c1ncc(C(=O)NCCCc2cn[nH]c2)cc1C#Cc1ccc(F)cc1. The van der Waals surface area contributed by atoms with Crippen LogP contribution in [0.15, 0.2) is 48.9 Å². The molecule has 0 bridgehead atoms. The van der Waals surface area contributed by atoms with Crippen LogP contribution in [0, 0.1) is 17.7 Å². The maximum atomic E-state index is 13.3. The van der Waals surface area contributed by atoms with Crippen molar-refractivity contribution in [2.24, 2.45) is 0 Å². The number of nitrogens with zero attached hydrogens (tertiary/aromatic N) is 3. The third-order valence-corrected chi connectivity index (χ3v) is 6.24. The summed E-state index contributed by atoms with van der Waals surface area (Å²) in [5.41, 5.74) is 2.75. The Morgan fingerprint density at radius 1 is 1.19 bits per heavy atom. The number of aromatic nitrogens is 3. The molecule has 2 amide bonds. The molecular formula is C28H31FN6O2. The number of carbonyl (C=O) groups excluding carboxylic acids is 2. The van der Waals surface area contributed by atoms with Gasteiger partial charge in [0.2, 0.25) is 5.91 Å². The Kier molecular flexibility index (Phi) is 8.87. The molecule has 0 spiro atoms. The lowest BCUT2D eigenvalue weighted by molar-refractivity contribution is -0.121. The van der Waals surface area contributed by atoms with Crippen molar-refractivity contribution in [3.63, 3.8) is 0 Å². The zero-order valence-electron chi connectivity index (χ0n) is 20.9. The number of rotatable bonds is 9. The molecule has 1 aliphatic rings. The van der Waals surface area contributed by atoms with Crippen molar-refractivity contribution in [1.29, 1.82) is 0 Å². The first-order valence-electron chi connectivity index (χ1n) is 12.6. The Morgan fingerprint density at radius 2 is 2.03 bits per heavy atom. The Balaban J connectivity index is 1.54. The average molecular weight is 503 g/mol. The summed E-state index contributed by atoms with van der Waals surface area (Å²) in [7, 11) is 0. The molecule has 1 saturated heterocycles. The minimum absolute atomic E-state index is 0.00441. The van der Waals surface area contributed by atoms with Gasteiger partial charge in [-0.15, -0.1) is 0 Å². The fraction of sp³-hybridized carbons (Fsp3) is 0.357. The van der Waals surface area contributed by atoms with Gasteiger partial charge in [0.25, 0.3) is 5.91 Å². The lowest BCUT2D eigenvalue weighted by Crippen LogP contribution is -2.36. The molecule has 3 N–H and O–H groups in total. The maximum absolute atomic E-state index is 13.3. The van der Waals surface area contributed by atoms with Crippen LogP contribution in [-0.2, 0) is 11.2 Å². The van der Waals surface area contributed by atoms with Gasteiger partial charge in [0, 0.05) is 50.1 Å². The molecule has 0 radical (unpaired) electrons. The molecule has 0 aliphatic carbocycles. The number of pyridine rings is 1. The first-order valence-corrected chi connectivity index (χ1v) is 12.6. The van der Waals surface area contributed by atoms with Gasteiger partial charge >= 0.3 is 0 Å². The third kappa shape index (κ3) is 7.17. The zero-order valence-corrected chi connectivity index (χ0v) is 20.9. The quantitative estimate of drug-likeness (QED) is 0.308. The molecule has 1 atom stereocenters. The topological polar surface area (TPSA) is 103 Å². The van der Waals surface area contributed by atoms with E-state index in [1.807, 2.05) is 13.1 Å². The lowest BCUT2D eigenvalue weighted by atomic mass is 10.1. The number of amides is 2. The van der Waals surface area contributed by atoms with Crippen molar-refractivity contribution in [3.8, 4) is 11.8 Å². The molecule has 3 heterocycles. The molecule has 1 unspecified atom stereocenters. The summed E-state index contributed by atoms with van der Waals surface area (Å²) >= 11 is 0. The van der Waals surface area contributed by atoms with E-state index in [-0.39, 0.29) is 23.7 Å². The van der Waals surface area contributed by atoms with Crippen molar-refractivity contribution in [1.82, 2.24) is 25.8 Å². The van der Waals surface area contributed by atoms with Gasteiger partial charge in [-0.3, -0.25) is 14.7 Å². The summed E-state index contributed by atoms with van der Waals surface area (Å²) in [5.74, 6) is 6.30. The smallest absolute Gasteiger partial charge is 0.252 e. The van der Waals surface area contributed by atoms with Crippen LogP contribution in [0.5, 0.6) is 0 Å². The summed E-state index contributed by atoms with van der Waals surface area (Å²) in [6, 6.07) is 7.69. The molecule has 2 aromatic heterocycles. The maximum Gasteiger partial charge on any atom is 0.252 e. The molecule has 37 heavy (non-hydrogen) atoms. The number of aromatic amines is 1. The zero-order chi connectivity index (χ0) is 26.0. The van der Waals surface area contributed by atoms with Crippen LogP contribution in [0.25, 0.3) is 0 Å². The highest BCUT2D eigenvalue weighted by Gasteiger charge is 2.29. The van der Waals surface area contributed by atoms with E-state index in [9.17, 15) is 14.0 Å². The highest BCUT2D eigenvalue weighted by molar-refractivity contribution is 5.94. The molecule has 9 heteroatoms. The summed E-state index contributed by atoms with van der Waals surface area (Å²) in [5, 5.41) is 12.5. The van der Waals surface area contributed by atoms with E-state index in [0.29, 0.717) is 42.0 Å². The van der Waals surface area contributed by atoms with Gasteiger partial charge in [0.1, 0.15) is 11.6 Å². The number of anilines is 1. The van der Waals surface area contributed by atoms with Crippen molar-refractivity contribution in [2.75, 3.05) is 24.5 Å². The predicted molar refractivity (Wildman–Crippen MR) is 140 cm³/mol. The minimum Gasteiger partial charge on any atom is -0.356 e. The van der Waals surface area contributed by atoms with Crippen LogP contribution in [-0.4, -0.2) is 52.7 Å². The number of benzene rings is 1. The lowest BCUT2D eigenvalue weighted by Gasteiger charge is -2.26. The van der Waals surface area contributed by atoms with Crippen molar-refractivity contribution in [2.45, 2.75) is 45.1 Å². The second-order valence-electron chi connectivity index (χ2n) is 8.97. The molecule has 1 aliphatic heterocycles. The molecule has 8 nitrogen and oxygen atoms in total. The van der Waals surface area contributed by atoms with E-state index in [0.717, 1.165) is 37.8 Å². The van der Waals surface area contributed by atoms with Gasteiger partial charge < -0.3 is 15.5 Å². The Labute approximate surface area is 216 Å². The number of hydrogen-bond donors (Lipinski definition) is 3. The van der Waals surface area contributed by atoms with Gasteiger partial charge in [0.05, 0.1) is 17.3 Å². The number of carbonyl (C=O) groups is 2. The van der Waals surface area contributed by atoms with E-state index in [2.05, 4.69) is 42.6 Å². The van der Waals surface area contributed by atoms with E-state index < -0.39 is 0 Å². The standard InChI is InChI=1S/C28H31FN6O2/c1-2-30-26(36)16-25-6-4-14-35(25)27-22(10-7-20-8-11-24(29)12-9-20)15-23(19-32-27)28(37)31-13-3-5-21-17-33-34-18-21/h8-9,11-12,15,17-19,25H,2-6,13-14,16H2,1H3,(H,30,36)(H,31,37)(H,33,34). The molecule has 192 valence electrons. The van der Waals surface area contributed by atoms with Crippen molar-refractivity contribution >= 4 is 17.6 Å². The van der Waals surface area contributed by atoms with Gasteiger partial charge in [-0.05, 0) is 68.5 Å². The largest absolute Gasteiger partial charge is 0.356 e. The van der Waals surface area contributed by atoms with Crippen molar-refractivity contribution < 1.29 is 14.0 Å². The molecule has 3 aromatic rings. The van der Waals surface area contributed by atoms with Gasteiger partial charge in [-0.1, -0.05) is 11.8 Å². The van der Waals surface area contributed by atoms with Crippen LogP contribution < -0.4 is 15.5 Å². The average Bonchev–Trinajstić information content (AvgIpc) is 3.58. The highest BCUT2D eigenvalue weighted by Crippen LogP contribution is 2.29. The Morgan fingerprint density at radius 3 is 2.78 bits per heavy atom. The van der Waals surface area contributed by atoms with E-state index in [1.165, 1.54) is 12.1 Å². The number of nitrogens with one attached hydrogen (secondary N) is 3. The third-order valence-electron chi connectivity index (χ3n) is 6.24. The van der Waals surface area contributed by atoms with E-state index in [4.69, 9.17) is 0 Å².